The van der Waals surface area contributed by atoms with E-state index in [0.29, 0.717) is 72.0 Å². The molecule has 1 N–H and O–H groups in total. The van der Waals surface area contributed by atoms with Gasteiger partial charge in [0.15, 0.2) is 5.82 Å². The average molecular weight is 461 g/mol. The fourth-order valence-corrected chi connectivity index (χ4v) is 4.10. The number of ether oxygens (including phenoxy) is 1. The van der Waals surface area contributed by atoms with Gasteiger partial charge in [-0.3, -0.25) is 5.10 Å². The Balaban J connectivity index is 1.56. The molecule has 0 aliphatic carbocycles. The number of nitrogens with zero attached hydrogens (tertiary/aromatic N) is 6. The fraction of sp³-hybridized carbons (Fsp3) is 0.292. The van der Waals surface area contributed by atoms with Crippen LogP contribution in [0.1, 0.15) is 24.5 Å². The second-order valence-electron chi connectivity index (χ2n) is 8.02. The Labute approximate surface area is 194 Å². The van der Waals surface area contributed by atoms with Crippen molar-refractivity contribution in [3.8, 4) is 28.7 Å². The highest BCUT2D eigenvalue weighted by atomic mass is 19.1. The van der Waals surface area contributed by atoms with E-state index in [1.54, 1.807) is 12.3 Å². The van der Waals surface area contributed by atoms with Crippen molar-refractivity contribution in [3.63, 3.8) is 0 Å². The third kappa shape index (κ3) is 3.95. The van der Waals surface area contributed by atoms with E-state index in [1.807, 2.05) is 11.8 Å². The van der Waals surface area contributed by atoms with E-state index in [2.05, 4.69) is 31.2 Å². The van der Waals surface area contributed by atoms with Crippen molar-refractivity contribution in [2.45, 2.75) is 19.8 Å². The minimum Gasteiger partial charge on any atom is -0.378 e. The first-order valence-electron chi connectivity index (χ1n) is 11.0. The zero-order valence-electron chi connectivity index (χ0n) is 18.5. The topological polar surface area (TPSA) is 104 Å². The normalized spacial score (nSPS) is 13.9. The summed E-state index contributed by atoms with van der Waals surface area (Å²) in [6, 6.07) is 6.52. The summed E-state index contributed by atoms with van der Waals surface area (Å²) in [6.07, 6.45) is 4.41. The van der Waals surface area contributed by atoms with Crippen molar-refractivity contribution in [3.05, 3.63) is 53.4 Å². The number of benzene rings is 1. The molecule has 0 atom stereocenters. The molecule has 0 amide bonds. The van der Waals surface area contributed by atoms with Crippen molar-refractivity contribution in [2.24, 2.45) is 0 Å². The number of rotatable bonds is 5. The van der Waals surface area contributed by atoms with Gasteiger partial charge in [0, 0.05) is 24.8 Å². The minimum absolute atomic E-state index is 0.0772. The van der Waals surface area contributed by atoms with Gasteiger partial charge in [-0.25, -0.2) is 23.7 Å². The largest absolute Gasteiger partial charge is 0.378 e. The molecular formula is C24H21F2N7O. The van der Waals surface area contributed by atoms with Crippen LogP contribution in [0.3, 0.4) is 0 Å². The number of hydrogen-bond acceptors (Lipinski definition) is 7. The number of aryl methyl sites for hydroxylation is 1. The molecule has 1 fully saturated rings. The van der Waals surface area contributed by atoms with E-state index in [-0.39, 0.29) is 11.4 Å². The van der Waals surface area contributed by atoms with Crippen LogP contribution in [0.25, 0.3) is 33.7 Å². The molecule has 0 bridgehead atoms. The number of nitrogens with one attached hydrogen (secondary N) is 1. The van der Waals surface area contributed by atoms with Gasteiger partial charge in [0.1, 0.15) is 40.2 Å². The first-order chi connectivity index (χ1) is 16.6. The Kier molecular flexibility index (Phi) is 5.86. The number of fused-ring (bicyclic) bond motifs is 1. The zero-order valence-corrected chi connectivity index (χ0v) is 18.5. The van der Waals surface area contributed by atoms with Crippen molar-refractivity contribution in [1.82, 2.24) is 25.1 Å². The lowest BCUT2D eigenvalue weighted by Crippen LogP contribution is -2.37. The van der Waals surface area contributed by atoms with Crippen LogP contribution in [0.15, 0.2) is 30.6 Å². The Hall–Kier alpha value is -3.97. The van der Waals surface area contributed by atoms with Gasteiger partial charge in [-0.05, 0) is 30.2 Å². The van der Waals surface area contributed by atoms with Gasteiger partial charge in [0.2, 0.25) is 0 Å². The first kappa shape index (κ1) is 21.9. The quantitative estimate of drug-likeness (QED) is 0.479. The number of H-pyrrole nitrogens is 1. The second-order valence-corrected chi connectivity index (χ2v) is 8.02. The molecule has 172 valence electrons. The summed E-state index contributed by atoms with van der Waals surface area (Å²) in [4.78, 5) is 15.1. The van der Waals surface area contributed by atoms with Crippen molar-refractivity contribution in [2.75, 3.05) is 31.2 Å². The molecule has 0 spiro atoms. The van der Waals surface area contributed by atoms with Crippen LogP contribution in [-0.4, -0.2) is 51.5 Å². The number of halogens is 2. The summed E-state index contributed by atoms with van der Waals surface area (Å²) >= 11 is 0. The van der Waals surface area contributed by atoms with E-state index in [9.17, 15) is 14.0 Å². The molecule has 0 unspecified atom stereocenters. The third-order valence-corrected chi connectivity index (χ3v) is 5.74. The molecule has 4 heterocycles. The molecule has 1 saturated heterocycles. The van der Waals surface area contributed by atoms with Crippen LogP contribution in [0.4, 0.5) is 14.6 Å². The number of aromatic nitrogens is 5. The molecule has 34 heavy (non-hydrogen) atoms. The summed E-state index contributed by atoms with van der Waals surface area (Å²) in [5.41, 5.74) is 2.55. The van der Waals surface area contributed by atoms with Gasteiger partial charge in [-0.1, -0.05) is 13.3 Å². The van der Waals surface area contributed by atoms with Gasteiger partial charge in [0.25, 0.3) is 0 Å². The molecule has 10 heteroatoms. The molecule has 3 aromatic heterocycles. The number of nitriles is 1. The highest BCUT2D eigenvalue weighted by Gasteiger charge is 2.21. The highest BCUT2D eigenvalue weighted by Crippen LogP contribution is 2.31. The maximum Gasteiger partial charge on any atom is 0.165 e. The average Bonchev–Trinajstić information content (AvgIpc) is 3.27. The van der Waals surface area contributed by atoms with Gasteiger partial charge < -0.3 is 9.64 Å². The molecule has 5 rings (SSSR count). The molecule has 8 nitrogen and oxygen atoms in total. The number of hydrogen-bond donors (Lipinski definition) is 1. The summed E-state index contributed by atoms with van der Waals surface area (Å²) in [6.45, 7) is 4.39. The predicted octanol–water partition coefficient (Wildman–Crippen LogP) is 4.02. The Morgan fingerprint density at radius 2 is 1.88 bits per heavy atom. The standard InChI is InChI=1S/C24H21F2N7O/c1-2-3-14-8-17(25)20(18(26)9-14)23-28-13-19-22(30-23)21(32-31-19)16-10-15(11-27)24(29-12-16)33-4-6-34-7-5-33/h8-10,12-13H,2-7H2,1H3,(H,31,32). The smallest absolute Gasteiger partial charge is 0.165 e. The Morgan fingerprint density at radius 3 is 2.59 bits per heavy atom. The minimum atomic E-state index is -0.712. The highest BCUT2D eigenvalue weighted by molar-refractivity contribution is 5.90. The number of anilines is 1. The summed E-state index contributed by atoms with van der Waals surface area (Å²) in [7, 11) is 0. The van der Waals surface area contributed by atoms with E-state index < -0.39 is 11.6 Å². The van der Waals surface area contributed by atoms with E-state index in [4.69, 9.17) is 4.74 Å². The molecule has 1 aromatic carbocycles. The predicted molar refractivity (Wildman–Crippen MR) is 122 cm³/mol. The van der Waals surface area contributed by atoms with Gasteiger partial charge in [0.05, 0.1) is 30.5 Å². The van der Waals surface area contributed by atoms with Crippen LogP contribution in [0.2, 0.25) is 0 Å². The summed E-state index contributed by atoms with van der Waals surface area (Å²) in [5, 5.41) is 16.9. The van der Waals surface area contributed by atoms with Crippen LogP contribution >= 0.6 is 0 Å². The lowest BCUT2D eigenvalue weighted by molar-refractivity contribution is 0.122. The van der Waals surface area contributed by atoms with Gasteiger partial charge in [-0.15, -0.1) is 0 Å². The van der Waals surface area contributed by atoms with Crippen LogP contribution in [-0.2, 0) is 11.2 Å². The second kappa shape index (κ2) is 9.11. The maximum atomic E-state index is 14.8. The number of aromatic amines is 1. The molecule has 4 aromatic rings. The maximum absolute atomic E-state index is 14.8. The SMILES string of the molecule is CCCc1cc(F)c(-c2ncc3[nH]nc(-c4cnc(N5CCOCC5)c(C#N)c4)c3n2)c(F)c1. The van der Waals surface area contributed by atoms with Crippen molar-refractivity contribution < 1.29 is 13.5 Å². The number of morpholine rings is 1. The van der Waals surface area contributed by atoms with E-state index in [1.165, 1.54) is 18.3 Å². The zero-order chi connectivity index (χ0) is 23.7. The monoisotopic (exact) mass is 461 g/mol. The molecular weight excluding hydrogens is 440 g/mol. The van der Waals surface area contributed by atoms with Crippen LogP contribution in [0.5, 0.6) is 0 Å². The van der Waals surface area contributed by atoms with Crippen molar-refractivity contribution >= 4 is 16.9 Å². The van der Waals surface area contributed by atoms with Crippen LogP contribution in [0, 0.1) is 23.0 Å². The lowest BCUT2D eigenvalue weighted by atomic mass is 10.1. The summed E-state index contributed by atoms with van der Waals surface area (Å²) < 4.78 is 34.9. The lowest BCUT2D eigenvalue weighted by Gasteiger charge is -2.28. The third-order valence-electron chi connectivity index (χ3n) is 5.74. The van der Waals surface area contributed by atoms with E-state index in [0.717, 1.165) is 6.42 Å². The summed E-state index contributed by atoms with van der Waals surface area (Å²) in [5.74, 6) is -0.917. The first-order valence-corrected chi connectivity index (χ1v) is 11.0. The molecule has 1 aliphatic rings. The van der Waals surface area contributed by atoms with Gasteiger partial charge >= 0.3 is 0 Å². The Bertz CT molecular complexity index is 1380. The van der Waals surface area contributed by atoms with Crippen LogP contribution < -0.4 is 4.90 Å². The number of pyridine rings is 1. The van der Waals surface area contributed by atoms with Gasteiger partial charge in [-0.2, -0.15) is 10.4 Å². The molecule has 1 aliphatic heterocycles. The molecule has 0 saturated carbocycles. The van der Waals surface area contributed by atoms with Crippen molar-refractivity contribution in [1.29, 1.82) is 5.26 Å². The molecule has 0 radical (unpaired) electrons. The fourth-order valence-electron chi connectivity index (χ4n) is 4.10. The van der Waals surface area contributed by atoms with E-state index >= 15 is 0 Å². The Morgan fingerprint density at radius 1 is 1.12 bits per heavy atom.